The third kappa shape index (κ3) is 4.24. The lowest BCUT2D eigenvalue weighted by Gasteiger charge is -2.39. The Kier molecular flexibility index (Phi) is 5.71. The summed E-state index contributed by atoms with van der Waals surface area (Å²) in [6.45, 7) is 3.10. The molecule has 1 saturated heterocycles. The molecule has 0 aliphatic carbocycles. The summed E-state index contributed by atoms with van der Waals surface area (Å²) in [7, 11) is 4.29. The molecule has 0 amide bonds. The summed E-state index contributed by atoms with van der Waals surface area (Å²) < 4.78 is 0. The zero-order chi connectivity index (χ0) is 19.4. The lowest BCUT2D eigenvalue weighted by atomic mass is 9.75. The minimum Gasteiger partial charge on any atom is -0.317 e. The minimum atomic E-state index is 0.102. The van der Waals surface area contributed by atoms with Crippen LogP contribution < -0.4 is 10.6 Å². The van der Waals surface area contributed by atoms with Crippen LogP contribution in [-0.2, 0) is 5.41 Å². The molecule has 0 atom stereocenters. The molecule has 6 heteroatoms. The Hall–Kier alpha value is -2.28. The zero-order valence-corrected chi connectivity index (χ0v) is 17.3. The average Bonchev–Trinajstić information content (AvgIpc) is 3.18. The number of anilines is 2. The molecule has 0 spiro atoms. The smallest absolute Gasteiger partial charge is 0.188 e. The van der Waals surface area contributed by atoms with Crippen LogP contribution in [0.2, 0.25) is 0 Å². The molecule has 0 unspecified atom stereocenters. The fourth-order valence-corrected chi connectivity index (χ4v) is 4.81. The van der Waals surface area contributed by atoms with Gasteiger partial charge in [0.2, 0.25) is 0 Å². The van der Waals surface area contributed by atoms with Crippen molar-refractivity contribution in [3.8, 4) is 10.4 Å². The first-order chi connectivity index (χ1) is 13.6. The second kappa shape index (κ2) is 8.39. The van der Waals surface area contributed by atoms with Crippen molar-refractivity contribution in [3.63, 3.8) is 0 Å². The van der Waals surface area contributed by atoms with Crippen LogP contribution in [0.4, 0.5) is 10.9 Å². The molecule has 5 nitrogen and oxygen atoms in total. The maximum absolute atomic E-state index is 5.00. The van der Waals surface area contributed by atoms with Gasteiger partial charge in [0.15, 0.2) is 5.13 Å². The minimum absolute atomic E-state index is 0.102. The number of likely N-dealkylation sites (N-methyl/N-ethyl adjacent to an activating group) is 1. The summed E-state index contributed by atoms with van der Waals surface area (Å²) in [6.07, 6.45) is 4.14. The number of hydrogen-bond donors (Lipinski definition) is 2. The van der Waals surface area contributed by atoms with E-state index < -0.39 is 0 Å². The van der Waals surface area contributed by atoms with Gasteiger partial charge in [0.05, 0.1) is 10.6 Å². The Morgan fingerprint density at radius 1 is 1.07 bits per heavy atom. The highest BCUT2D eigenvalue weighted by Crippen LogP contribution is 2.34. The van der Waals surface area contributed by atoms with Crippen molar-refractivity contribution in [3.05, 3.63) is 60.4 Å². The van der Waals surface area contributed by atoms with Crippen LogP contribution in [0.1, 0.15) is 18.5 Å². The van der Waals surface area contributed by atoms with E-state index in [0.29, 0.717) is 0 Å². The molecule has 0 saturated carbocycles. The van der Waals surface area contributed by atoms with Crippen molar-refractivity contribution in [2.45, 2.75) is 18.3 Å². The number of benzene rings is 1. The zero-order valence-electron chi connectivity index (χ0n) is 16.5. The van der Waals surface area contributed by atoms with Gasteiger partial charge < -0.3 is 15.5 Å². The Morgan fingerprint density at radius 3 is 2.61 bits per heavy atom. The summed E-state index contributed by atoms with van der Waals surface area (Å²) in [5.74, 6) is 0.864. The van der Waals surface area contributed by atoms with Gasteiger partial charge in [-0.1, -0.05) is 47.7 Å². The normalized spacial score (nSPS) is 16.2. The predicted molar refractivity (Wildman–Crippen MR) is 117 cm³/mol. The van der Waals surface area contributed by atoms with Crippen molar-refractivity contribution in [2.75, 3.05) is 39.0 Å². The highest BCUT2D eigenvalue weighted by Gasteiger charge is 2.35. The van der Waals surface area contributed by atoms with Crippen molar-refractivity contribution in [2.24, 2.45) is 0 Å². The first kappa shape index (κ1) is 19.1. The van der Waals surface area contributed by atoms with Crippen molar-refractivity contribution in [1.29, 1.82) is 0 Å². The van der Waals surface area contributed by atoms with Crippen LogP contribution in [0.5, 0.6) is 0 Å². The van der Waals surface area contributed by atoms with Crippen LogP contribution in [-0.4, -0.2) is 48.6 Å². The van der Waals surface area contributed by atoms with E-state index in [-0.39, 0.29) is 5.41 Å². The standard InChI is InChI=1S/C22H27N5S/c1-27(2)16-22(11-13-23-14-12-22)19-9-6-10-20(25-19)26-21-24-15-18(28-21)17-7-4-3-5-8-17/h3-10,15,23H,11-14,16H2,1-2H3,(H,24,25,26). The summed E-state index contributed by atoms with van der Waals surface area (Å²) in [5, 5.41) is 7.77. The van der Waals surface area contributed by atoms with E-state index >= 15 is 0 Å². The molecular formula is C22H27N5S. The number of nitrogens with zero attached hydrogens (tertiary/aromatic N) is 3. The Bertz CT molecular complexity index is 900. The van der Waals surface area contributed by atoms with Gasteiger partial charge in [-0.15, -0.1) is 0 Å². The Labute approximate surface area is 170 Å². The SMILES string of the molecule is CN(C)CC1(c2cccc(Nc3ncc(-c4ccccc4)s3)n2)CCNCC1. The number of thiazole rings is 1. The fourth-order valence-electron chi connectivity index (χ4n) is 3.98. The van der Waals surface area contributed by atoms with Gasteiger partial charge in [-0.05, 0) is 57.7 Å². The highest BCUT2D eigenvalue weighted by atomic mass is 32.1. The predicted octanol–water partition coefficient (Wildman–Crippen LogP) is 4.13. The van der Waals surface area contributed by atoms with E-state index in [0.717, 1.165) is 48.3 Å². The monoisotopic (exact) mass is 393 g/mol. The molecule has 3 aromatic rings. The van der Waals surface area contributed by atoms with Gasteiger partial charge in [-0.3, -0.25) is 0 Å². The molecule has 28 heavy (non-hydrogen) atoms. The maximum Gasteiger partial charge on any atom is 0.188 e. The molecular weight excluding hydrogens is 366 g/mol. The van der Waals surface area contributed by atoms with E-state index in [1.807, 2.05) is 18.3 Å². The van der Waals surface area contributed by atoms with Crippen LogP contribution in [0.3, 0.4) is 0 Å². The Balaban J connectivity index is 1.56. The molecule has 0 bridgehead atoms. The van der Waals surface area contributed by atoms with Crippen molar-refractivity contribution < 1.29 is 0 Å². The molecule has 0 radical (unpaired) electrons. The van der Waals surface area contributed by atoms with E-state index in [4.69, 9.17) is 4.98 Å². The summed E-state index contributed by atoms with van der Waals surface area (Å²) in [6, 6.07) is 16.7. The molecule has 1 aliphatic heterocycles. The molecule has 2 aromatic heterocycles. The topological polar surface area (TPSA) is 53.1 Å². The van der Waals surface area contributed by atoms with Crippen LogP contribution in [0.15, 0.2) is 54.7 Å². The summed E-state index contributed by atoms with van der Waals surface area (Å²) >= 11 is 1.65. The Morgan fingerprint density at radius 2 is 1.86 bits per heavy atom. The van der Waals surface area contributed by atoms with Gasteiger partial charge in [0.25, 0.3) is 0 Å². The van der Waals surface area contributed by atoms with Gasteiger partial charge in [0, 0.05) is 18.2 Å². The molecule has 3 heterocycles. The maximum atomic E-state index is 5.00. The molecule has 1 fully saturated rings. The first-order valence-electron chi connectivity index (χ1n) is 9.76. The second-order valence-electron chi connectivity index (χ2n) is 7.70. The molecule has 2 N–H and O–H groups in total. The van der Waals surface area contributed by atoms with E-state index in [9.17, 15) is 0 Å². The van der Waals surface area contributed by atoms with Gasteiger partial charge in [0.1, 0.15) is 5.82 Å². The summed E-state index contributed by atoms with van der Waals surface area (Å²) in [4.78, 5) is 13.0. The van der Waals surface area contributed by atoms with E-state index in [2.05, 4.69) is 71.0 Å². The van der Waals surface area contributed by atoms with E-state index in [1.165, 1.54) is 11.3 Å². The number of pyridine rings is 1. The van der Waals surface area contributed by atoms with Gasteiger partial charge in [-0.2, -0.15) is 0 Å². The first-order valence-corrected chi connectivity index (χ1v) is 10.6. The second-order valence-corrected chi connectivity index (χ2v) is 8.73. The third-order valence-electron chi connectivity index (χ3n) is 5.27. The van der Waals surface area contributed by atoms with E-state index in [1.54, 1.807) is 11.3 Å². The molecule has 146 valence electrons. The number of rotatable bonds is 6. The molecule has 1 aliphatic rings. The fraction of sp³-hybridized carbons (Fsp3) is 0.364. The quantitative estimate of drug-likeness (QED) is 0.659. The molecule has 1 aromatic carbocycles. The number of piperidine rings is 1. The average molecular weight is 394 g/mol. The summed E-state index contributed by atoms with van der Waals surface area (Å²) in [5.41, 5.74) is 2.46. The van der Waals surface area contributed by atoms with Crippen molar-refractivity contribution >= 4 is 22.3 Å². The highest BCUT2D eigenvalue weighted by molar-refractivity contribution is 7.18. The number of nitrogens with one attached hydrogen (secondary N) is 2. The number of aromatic nitrogens is 2. The van der Waals surface area contributed by atoms with Crippen LogP contribution in [0.25, 0.3) is 10.4 Å². The lowest BCUT2D eigenvalue weighted by molar-refractivity contribution is 0.220. The number of hydrogen-bond acceptors (Lipinski definition) is 6. The van der Waals surface area contributed by atoms with Gasteiger partial charge in [-0.25, -0.2) is 9.97 Å². The van der Waals surface area contributed by atoms with Crippen LogP contribution in [0, 0.1) is 0 Å². The third-order valence-corrected chi connectivity index (χ3v) is 6.23. The van der Waals surface area contributed by atoms with Crippen LogP contribution >= 0.6 is 11.3 Å². The van der Waals surface area contributed by atoms with Crippen molar-refractivity contribution in [1.82, 2.24) is 20.2 Å². The molecule has 4 rings (SSSR count). The lowest BCUT2D eigenvalue weighted by Crippen LogP contribution is -2.46. The van der Waals surface area contributed by atoms with Gasteiger partial charge >= 0.3 is 0 Å². The largest absolute Gasteiger partial charge is 0.317 e.